The highest BCUT2D eigenvalue weighted by molar-refractivity contribution is 7.17. The highest BCUT2D eigenvalue weighted by Gasteiger charge is 2.33. The molecule has 18 heavy (non-hydrogen) atoms. The Morgan fingerprint density at radius 2 is 2.28 bits per heavy atom. The first-order valence-corrected chi connectivity index (χ1v) is 7.26. The smallest absolute Gasteiger partial charge is 0.194 e. The number of aliphatic hydroxyl groups is 1. The van der Waals surface area contributed by atoms with Gasteiger partial charge in [-0.1, -0.05) is 0 Å². The van der Waals surface area contributed by atoms with Crippen molar-refractivity contribution in [2.75, 3.05) is 6.54 Å². The van der Waals surface area contributed by atoms with Crippen LogP contribution in [0.3, 0.4) is 0 Å². The topological polar surface area (TPSA) is 49.6 Å². The van der Waals surface area contributed by atoms with Gasteiger partial charge in [0.15, 0.2) is 4.96 Å². The van der Waals surface area contributed by atoms with Crippen LogP contribution in [0.4, 0.5) is 0 Å². The fourth-order valence-electron chi connectivity index (χ4n) is 2.50. The Morgan fingerprint density at radius 3 is 2.94 bits per heavy atom. The van der Waals surface area contributed by atoms with Crippen LogP contribution >= 0.6 is 11.3 Å². The molecule has 0 spiro atoms. The van der Waals surface area contributed by atoms with Gasteiger partial charge in [0.25, 0.3) is 0 Å². The molecule has 5 heteroatoms. The number of thiazole rings is 1. The van der Waals surface area contributed by atoms with Crippen LogP contribution in [0.2, 0.25) is 0 Å². The maximum Gasteiger partial charge on any atom is 0.194 e. The lowest BCUT2D eigenvalue weighted by molar-refractivity contribution is -0.0315. The van der Waals surface area contributed by atoms with Crippen molar-refractivity contribution in [1.29, 1.82) is 0 Å². The fourth-order valence-corrected chi connectivity index (χ4v) is 3.39. The normalized spacial score (nSPS) is 18.2. The van der Waals surface area contributed by atoms with Crippen LogP contribution in [0.1, 0.15) is 35.5 Å². The van der Waals surface area contributed by atoms with Crippen molar-refractivity contribution in [1.82, 2.24) is 14.7 Å². The van der Waals surface area contributed by atoms with Crippen LogP contribution in [0.15, 0.2) is 6.20 Å². The van der Waals surface area contributed by atoms with Crippen LogP contribution in [0.25, 0.3) is 4.96 Å². The van der Waals surface area contributed by atoms with Crippen molar-refractivity contribution in [2.24, 2.45) is 0 Å². The van der Waals surface area contributed by atoms with Gasteiger partial charge in [-0.05, 0) is 33.1 Å². The molecule has 2 aromatic rings. The minimum absolute atomic E-state index is 0.456. The summed E-state index contributed by atoms with van der Waals surface area (Å²) in [5, 5.41) is 13.4. The van der Waals surface area contributed by atoms with Crippen molar-refractivity contribution in [2.45, 2.75) is 45.3 Å². The van der Waals surface area contributed by atoms with Gasteiger partial charge in [-0.2, -0.15) is 0 Å². The molecule has 0 saturated heterocycles. The largest absolute Gasteiger partial charge is 0.389 e. The Hall–Kier alpha value is -0.910. The lowest BCUT2D eigenvalue weighted by Gasteiger charge is -2.36. The molecule has 1 aliphatic rings. The second kappa shape index (κ2) is 4.33. The molecule has 2 N–H and O–H groups in total. The van der Waals surface area contributed by atoms with E-state index in [9.17, 15) is 5.11 Å². The second-order valence-electron chi connectivity index (χ2n) is 5.32. The van der Waals surface area contributed by atoms with Crippen molar-refractivity contribution in [3.63, 3.8) is 0 Å². The molecule has 0 aromatic carbocycles. The van der Waals surface area contributed by atoms with E-state index >= 15 is 0 Å². The average molecular weight is 265 g/mol. The van der Waals surface area contributed by atoms with Gasteiger partial charge in [-0.15, -0.1) is 11.3 Å². The Balaban J connectivity index is 1.71. The van der Waals surface area contributed by atoms with Crippen molar-refractivity contribution >= 4 is 16.3 Å². The van der Waals surface area contributed by atoms with E-state index in [1.54, 1.807) is 11.3 Å². The Bertz CT molecular complexity index is 568. The molecular formula is C13H19N3OS. The van der Waals surface area contributed by atoms with E-state index in [0.29, 0.717) is 6.54 Å². The SMILES string of the molecule is Cc1cn2c(CNCC3(O)CCC3)c(C)nc2s1. The number of imidazole rings is 1. The summed E-state index contributed by atoms with van der Waals surface area (Å²) in [5.41, 5.74) is 1.83. The first kappa shape index (κ1) is 12.1. The van der Waals surface area contributed by atoms with Crippen molar-refractivity contribution < 1.29 is 5.11 Å². The third-order valence-corrected chi connectivity index (χ3v) is 4.67. The Labute approximate surface area is 111 Å². The molecule has 2 heterocycles. The standard InChI is InChI=1S/C13H19N3OS/c1-9-7-16-11(10(2)15-12(16)18-9)6-14-8-13(17)4-3-5-13/h7,14,17H,3-6,8H2,1-2H3. The van der Waals surface area contributed by atoms with E-state index in [2.05, 4.69) is 27.8 Å². The first-order valence-electron chi connectivity index (χ1n) is 6.44. The number of fused-ring (bicyclic) bond motifs is 1. The van der Waals surface area contributed by atoms with Crippen LogP contribution in [-0.4, -0.2) is 26.6 Å². The molecule has 0 atom stereocenters. The van der Waals surface area contributed by atoms with E-state index in [1.807, 2.05) is 6.92 Å². The number of nitrogens with one attached hydrogen (secondary N) is 1. The minimum atomic E-state index is -0.456. The zero-order valence-corrected chi connectivity index (χ0v) is 11.7. The Kier molecular flexibility index (Phi) is 2.92. The summed E-state index contributed by atoms with van der Waals surface area (Å²) in [5.74, 6) is 0. The van der Waals surface area contributed by atoms with Gasteiger partial charge in [-0.3, -0.25) is 4.40 Å². The summed E-state index contributed by atoms with van der Waals surface area (Å²) >= 11 is 1.72. The third kappa shape index (κ3) is 2.06. The number of nitrogens with zero attached hydrogens (tertiary/aromatic N) is 2. The van der Waals surface area contributed by atoms with Crippen molar-refractivity contribution in [3.05, 3.63) is 22.5 Å². The monoisotopic (exact) mass is 265 g/mol. The van der Waals surface area contributed by atoms with Gasteiger partial charge in [0.1, 0.15) is 0 Å². The number of aryl methyl sites for hydroxylation is 2. The van der Waals surface area contributed by atoms with E-state index in [1.165, 1.54) is 10.6 Å². The number of aromatic nitrogens is 2. The van der Waals surface area contributed by atoms with E-state index in [4.69, 9.17) is 0 Å². The molecule has 0 radical (unpaired) electrons. The molecule has 0 unspecified atom stereocenters. The van der Waals surface area contributed by atoms with Crippen LogP contribution in [0, 0.1) is 13.8 Å². The lowest BCUT2D eigenvalue weighted by Crippen LogP contribution is -2.46. The van der Waals surface area contributed by atoms with Gasteiger partial charge < -0.3 is 10.4 Å². The average Bonchev–Trinajstić information content (AvgIpc) is 2.74. The van der Waals surface area contributed by atoms with Gasteiger partial charge in [0.05, 0.1) is 17.0 Å². The molecule has 4 nitrogen and oxygen atoms in total. The maximum atomic E-state index is 10.0. The molecule has 3 rings (SSSR count). The third-order valence-electron chi connectivity index (χ3n) is 3.77. The fraction of sp³-hybridized carbons (Fsp3) is 0.615. The zero-order valence-electron chi connectivity index (χ0n) is 10.9. The predicted octanol–water partition coefficient (Wildman–Crippen LogP) is 2.02. The number of rotatable bonds is 4. The van der Waals surface area contributed by atoms with E-state index in [-0.39, 0.29) is 0 Å². The second-order valence-corrected chi connectivity index (χ2v) is 6.53. The first-order chi connectivity index (χ1) is 8.57. The van der Waals surface area contributed by atoms with Gasteiger partial charge in [0, 0.05) is 24.2 Å². The molecule has 0 aliphatic heterocycles. The molecule has 2 aromatic heterocycles. The van der Waals surface area contributed by atoms with Crippen LogP contribution in [-0.2, 0) is 6.54 Å². The number of hydrogen-bond donors (Lipinski definition) is 2. The predicted molar refractivity (Wildman–Crippen MR) is 73.1 cm³/mol. The minimum Gasteiger partial charge on any atom is -0.389 e. The quantitative estimate of drug-likeness (QED) is 0.889. The Morgan fingerprint density at radius 1 is 1.50 bits per heavy atom. The molecule has 0 bridgehead atoms. The molecule has 1 fully saturated rings. The van der Waals surface area contributed by atoms with E-state index in [0.717, 1.165) is 36.5 Å². The summed E-state index contributed by atoms with van der Waals surface area (Å²) in [7, 11) is 0. The lowest BCUT2D eigenvalue weighted by atomic mass is 9.80. The summed E-state index contributed by atoms with van der Waals surface area (Å²) in [4.78, 5) is 6.90. The molecular weight excluding hydrogens is 246 g/mol. The molecule has 1 aliphatic carbocycles. The summed E-state index contributed by atoms with van der Waals surface area (Å²) < 4.78 is 2.16. The number of hydrogen-bond acceptors (Lipinski definition) is 4. The molecule has 98 valence electrons. The van der Waals surface area contributed by atoms with Gasteiger partial charge in [0.2, 0.25) is 0 Å². The van der Waals surface area contributed by atoms with Crippen molar-refractivity contribution in [3.8, 4) is 0 Å². The van der Waals surface area contributed by atoms with E-state index < -0.39 is 5.60 Å². The molecule has 1 saturated carbocycles. The highest BCUT2D eigenvalue weighted by Crippen LogP contribution is 2.30. The summed E-state index contributed by atoms with van der Waals surface area (Å²) in [6.45, 7) is 5.60. The van der Waals surface area contributed by atoms with Gasteiger partial charge in [-0.25, -0.2) is 4.98 Å². The zero-order chi connectivity index (χ0) is 12.8. The van der Waals surface area contributed by atoms with Crippen LogP contribution < -0.4 is 5.32 Å². The highest BCUT2D eigenvalue weighted by atomic mass is 32.1. The summed E-state index contributed by atoms with van der Waals surface area (Å²) in [6.07, 6.45) is 5.14. The van der Waals surface area contributed by atoms with Gasteiger partial charge >= 0.3 is 0 Å². The maximum absolute atomic E-state index is 10.0. The molecule has 0 amide bonds. The van der Waals surface area contributed by atoms with Crippen LogP contribution in [0.5, 0.6) is 0 Å². The summed E-state index contributed by atoms with van der Waals surface area (Å²) in [6, 6.07) is 0.